The summed E-state index contributed by atoms with van der Waals surface area (Å²) in [4.78, 5) is 11.9. The Kier molecular flexibility index (Phi) is 2.82. The smallest absolute Gasteiger partial charge is 0.276 e. The molecule has 0 N–H and O–H groups in total. The highest BCUT2D eigenvalue weighted by atomic mass is 127. The van der Waals surface area contributed by atoms with Gasteiger partial charge in [-0.3, -0.25) is 4.57 Å². The number of hydrogen-bond acceptors (Lipinski definition) is 2. The minimum atomic E-state index is -0.286. The highest BCUT2D eigenvalue weighted by Gasteiger charge is 2.24. The summed E-state index contributed by atoms with van der Waals surface area (Å²) in [7, 11) is 0. The van der Waals surface area contributed by atoms with Crippen molar-refractivity contribution in [1.29, 1.82) is 0 Å². The molecule has 0 amide bonds. The molecule has 14 heavy (non-hydrogen) atoms. The van der Waals surface area contributed by atoms with Crippen molar-refractivity contribution in [2.45, 2.75) is 43.7 Å². The summed E-state index contributed by atoms with van der Waals surface area (Å²) >= 11 is 2.20. The Morgan fingerprint density at radius 2 is 1.79 bits per heavy atom. The lowest BCUT2D eigenvalue weighted by Crippen LogP contribution is -2.38. The summed E-state index contributed by atoms with van der Waals surface area (Å²) in [6, 6.07) is 0. The van der Waals surface area contributed by atoms with Crippen LogP contribution in [0.15, 0.2) is 11.1 Å². The lowest BCUT2D eigenvalue weighted by Gasteiger charge is -2.19. The maximum Gasteiger partial charge on any atom is 0.347 e. The molecule has 0 bridgehead atoms. The first-order valence-corrected chi connectivity index (χ1v) is 5.58. The Bertz CT molecular complexity index is 343. The highest BCUT2D eigenvalue weighted by molar-refractivity contribution is 14.1. The molecule has 1 heterocycles. The molecule has 0 spiro atoms. The van der Waals surface area contributed by atoms with Gasteiger partial charge in [-0.1, -0.05) is 22.6 Å². The quantitative estimate of drug-likeness (QED) is 0.587. The Morgan fingerprint density at radius 1 is 1.29 bits per heavy atom. The number of hydrogen-bond donors (Lipinski definition) is 0. The zero-order chi connectivity index (χ0) is 11.1. The van der Waals surface area contributed by atoms with Crippen molar-refractivity contribution in [2.24, 2.45) is 0 Å². The second-order valence-electron chi connectivity index (χ2n) is 4.78. The second kappa shape index (κ2) is 3.36. The van der Waals surface area contributed by atoms with Gasteiger partial charge in [0.15, 0.2) is 0 Å². The van der Waals surface area contributed by atoms with Crippen molar-refractivity contribution < 1.29 is 0 Å². The van der Waals surface area contributed by atoms with Gasteiger partial charge in [0.05, 0.1) is 0 Å². The lowest BCUT2D eigenvalue weighted by atomic mass is 10.1. The van der Waals surface area contributed by atoms with Gasteiger partial charge < -0.3 is 0 Å². The van der Waals surface area contributed by atoms with E-state index in [1.807, 2.05) is 34.6 Å². The van der Waals surface area contributed by atoms with Gasteiger partial charge >= 0.3 is 5.69 Å². The molecule has 0 aliphatic rings. The first-order chi connectivity index (χ1) is 6.14. The monoisotopic (exact) mass is 309 g/mol. The van der Waals surface area contributed by atoms with Gasteiger partial charge in [0.25, 0.3) is 0 Å². The zero-order valence-corrected chi connectivity index (χ0v) is 11.4. The predicted molar refractivity (Wildman–Crippen MR) is 64.8 cm³/mol. The van der Waals surface area contributed by atoms with E-state index in [9.17, 15) is 4.79 Å². The van der Waals surface area contributed by atoms with Crippen LogP contribution in [0.3, 0.4) is 0 Å². The molecular weight excluding hydrogens is 293 g/mol. The molecule has 0 atom stereocenters. The average Bonchev–Trinajstić information content (AvgIpc) is 2.26. The molecule has 1 aromatic heterocycles. The van der Waals surface area contributed by atoms with E-state index in [4.69, 9.17) is 0 Å². The molecule has 1 aromatic rings. The minimum absolute atomic E-state index is 0.0584. The summed E-state index contributed by atoms with van der Waals surface area (Å²) in [6.07, 6.45) is 1.60. The second-order valence-corrected chi connectivity index (χ2v) is 7.42. The van der Waals surface area contributed by atoms with E-state index in [0.29, 0.717) is 0 Å². The van der Waals surface area contributed by atoms with Crippen molar-refractivity contribution in [2.75, 3.05) is 0 Å². The minimum Gasteiger partial charge on any atom is -0.276 e. The molecule has 5 heteroatoms. The summed E-state index contributed by atoms with van der Waals surface area (Å²) in [5.74, 6) is 0. The Balaban J connectivity index is 3.31. The molecule has 0 aliphatic heterocycles. The number of halogens is 1. The third-order valence-corrected chi connectivity index (χ3v) is 2.35. The van der Waals surface area contributed by atoms with Crippen molar-refractivity contribution in [1.82, 2.24) is 14.3 Å². The molecule has 0 saturated heterocycles. The van der Waals surface area contributed by atoms with Gasteiger partial charge in [-0.2, -0.15) is 9.78 Å². The average molecular weight is 309 g/mol. The molecular formula is C9H16IN3O. The van der Waals surface area contributed by atoms with Crippen LogP contribution in [-0.4, -0.2) is 14.3 Å². The third kappa shape index (κ3) is 2.18. The Morgan fingerprint density at radius 3 is 2.00 bits per heavy atom. The van der Waals surface area contributed by atoms with Gasteiger partial charge in [-0.25, -0.2) is 4.79 Å². The molecule has 0 saturated carbocycles. The van der Waals surface area contributed by atoms with Crippen molar-refractivity contribution in [3.05, 3.63) is 16.8 Å². The molecule has 80 valence electrons. The van der Waals surface area contributed by atoms with E-state index in [1.54, 1.807) is 10.9 Å². The zero-order valence-electron chi connectivity index (χ0n) is 9.21. The number of alkyl halides is 1. The van der Waals surface area contributed by atoms with Crippen molar-refractivity contribution in [3.8, 4) is 0 Å². The van der Waals surface area contributed by atoms with Crippen LogP contribution in [0.1, 0.15) is 34.6 Å². The molecule has 0 unspecified atom stereocenters. The largest absolute Gasteiger partial charge is 0.347 e. The van der Waals surface area contributed by atoms with Crippen LogP contribution < -0.4 is 5.69 Å². The molecule has 0 fully saturated rings. The molecule has 1 rings (SSSR count). The molecule has 0 aliphatic carbocycles. The van der Waals surface area contributed by atoms with Crippen molar-refractivity contribution >= 4 is 22.6 Å². The lowest BCUT2D eigenvalue weighted by molar-refractivity contribution is 0.372. The van der Waals surface area contributed by atoms with Crippen LogP contribution >= 0.6 is 22.6 Å². The van der Waals surface area contributed by atoms with E-state index in [-0.39, 0.29) is 14.8 Å². The van der Waals surface area contributed by atoms with Crippen LogP contribution in [0.2, 0.25) is 0 Å². The topological polar surface area (TPSA) is 39.8 Å². The number of aromatic nitrogens is 3. The van der Waals surface area contributed by atoms with E-state index >= 15 is 0 Å². The highest BCUT2D eigenvalue weighted by Crippen LogP contribution is 2.20. The van der Waals surface area contributed by atoms with Gasteiger partial charge in [0.2, 0.25) is 0 Å². The summed E-state index contributed by atoms with van der Waals surface area (Å²) in [6.45, 7) is 9.87. The van der Waals surface area contributed by atoms with Crippen LogP contribution in [0.4, 0.5) is 0 Å². The summed E-state index contributed by atoms with van der Waals surface area (Å²) in [5.41, 5.74) is -0.270. The fourth-order valence-electron chi connectivity index (χ4n) is 1.13. The molecule has 0 aromatic carbocycles. The summed E-state index contributed by atoms with van der Waals surface area (Å²) in [5, 5.41) is 4.11. The normalized spacial score (nSPS) is 13.3. The van der Waals surface area contributed by atoms with Gasteiger partial charge in [0, 0.05) is 5.54 Å². The van der Waals surface area contributed by atoms with E-state index in [0.717, 1.165) is 0 Å². The van der Waals surface area contributed by atoms with Crippen LogP contribution in [-0.2, 0) is 9.08 Å². The first kappa shape index (κ1) is 11.7. The van der Waals surface area contributed by atoms with E-state index in [1.165, 1.54) is 4.68 Å². The third-order valence-electron chi connectivity index (χ3n) is 1.90. The van der Waals surface area contributed by atoms with E-state index in [2.05, 4.69) is 27.7 Å². The van der Waals surface area contributed by atoms with Gasteiger partial charge in [0.1, 0.15) is 9.87 Å². The fraction of sp³-hybridized carbons (Fsp3) is 0.778. The predicted octanol–water partition coefficient (Wildman–Crippen LogP) is 1.93. The van der Waals surface area contributed by atoms with E-state index < -0.39 is 0 Å². The van der Waals surface area contributed by atoms with Crippen LogP contribution in [0.5, 0.6) is 0 Å². The van der Waals surface area contributed by atoms with Gasteiger partial charge in [-0.05, 0) is 34.6 Å². The van der Waals surface area contributed by atoms with Crippen molar-refractivity contribution in [3.63, 3.8) is 0 Å². The number of rotatable bonds is 1. The molecule has 4 nitrogen and oxygen atoms in total. The first-order valence-electron chi connectivity index (χ1n) is 4.50. The Hall–Kier alpha value is -0.330. The van der Waals surface area contributed by atoms with Crippen LogP contribution in [0, 0.1) is 0 Å². The van der Waals surface area contributed by atoms with Crippen LogP contribution in [0.25, 0.3) is 0 Å². The summed E-state index contributed by atoms with van der Waals surface area (Å²) < 4.78 is 2.86. The molecule has 0 radical (unpaired) electrons. The standard InChI is InChI=1S/C9H16IN3O/c1-8(2,3)12-6-11-13(7(12)14)9(4,5)10/h6H,1-5H3. The SMILES string of the molecule is CC(C)(C)n1cnn(C(C)(C)I)c1=O. The maximum atomic E-state index is 11.9. The van der Waals surface area contributed by atoms with Gasteiger partial charge in [-0.15, -0.1) is 0 Å². The number of nitrogens with zero attached hydrogens (tertiary/aromatic N) is 3. The maximum absolute atomic E-state index is 11.9. The fourth-order valence-corrected chi connectivity index (χ4v) is 1.46. The Labute approximate surface area is 97.4 Å².